The van der Waals surface area contributed by atoms with Crippen LogP contribution in [-0.4, -0.2) is 35.1 Å². The van der Waals surface area contributed by atoms with Crippen molar-refractivity contribution in [3.8, 4) is 11.3 Å². The summed E-state index contributed by atoms with van der Waals surface area (Å²) in [4.78, 5) is 20.5. The molecule has 7 heteroatoms. The van der Waals surface area contributed by atoms with Crippen LogP contribution >= 0.6 is 0 Å². The van der Waals surface area contributed by atoms with Crippen LogP contribution in [0.1, 0.15) is 16.2 Å². The highest BCUT2D eigenvalue weighted by Gasteiger charge is 2.12. The van der Waals surface area contributed by atoms with Crippen molar-refractivity contribution in [2.24, 2.45) is 14.1 Å². The number of hydrogen-bond donors (Lipinski definition) is 0. The van der Waals surface area contributed by atoms with Crippen LogP contribution in [0.15, 0.2) is 49.3 Å². The smallest absolute Gasteiger partial charge is 0.188 e. The minimum atomic E-state index is -0.0722. The van der Waals surface area contributed by atoms with E-state index in [4.69, 9.17) is 0 Å². The minimum absolute atomic E-state index is 0.0722. The van der Waals surface area contributed by atoms with Crippen LogP contribution in [0.2, 0.25) is 0 Å². The highest BCUT2D eigenvalue weighted by molar-refractivity contribution is 5.95. The summed E-state index contributed by atoms with van der Waals surface area (Å²) in [6, 6.07) is 7.86. The molecule has 0 N–H and O–H groups in total. The fourth-order valence-electron chi connectivity index (χ4n) is 2.78. The first kappa shape index (κ1) is 15.2. The Bertz CT molecular complexity index is 1080. The number of rotatable bonds is 4. The molecular weight excluding hydrogens is 316 g/mol. The van der Waals surface area contributed by atoms with Crippen LogP contribution in [0.3, 0.4) is 0 Å². The second kappa shape index (κ2) is 5.94. The Kier molecular flexibility index (Phi) is 3.61. The summed E-state index contributed by atoms with van der Waals surface area (Å²) in [6.07, 6.45) is 7.08. The molecular formula is C18H16N6O. The maximum absolute atomic E-state index is 12.3. The number of aryl methyl sites for hydroxylation is 2. The Morgan fingerprint density at radius 1 is 1.12 bits per heavy atom. The third-order valence-corrected chi connectivity index (χ3v) is 4.08. The number of ketones is 1. The van der Waals surface area contributed by atoms with Crippen molar-refractivity contribution in [3.05, 3.63) is 60.7 Å². The first-order valence-corrected chi connectivity index (χ1v) is 7.84. The van der Waals surface area contributed by atoms with Gasteiger partial charge in [-0.2, -0.15) is 10.2 Å². The fraction of sp³-hybridized carbons (Fsp3) is 0.167. The molecule has 7 nitrogen and oxygen atoms in total. The summed E-state index contributed by atoms with van der Waals surface area (Å²) in [7, 11) is 3.79. The number of nitrogens with zero attached hydrogens (tertiary/aromatic N) is 6. The largest absolute Gasteiger partial charge is 0.340 e. The molecule has 0 fully saturated rings. The van der Waals surface area contributed by atoms with Crippen LogP contribution in [0.5, 0.6) is 0 Å². The molecule has 0 atom stereocenters. The summed E-state index contributed by atoms with van der Waals surface area (Å²) in [5.74, 6) is -0.0722. The van der Waals surface area contributed by atoms with Crippen LogP contribution < -0.4 is 0 Å². The third-order valence-electron chi connectivity index (χ3n) is 4.08. The normalized spacial score (nSPS) is 11.1. The minimum Gasteiger partial charge on any atom is -0.340 e. The van der Waals surface area contributed by atoms with Crippen molar-refractivity contribution in [2.75, 3.05) is 0 Å². The maximum atomic E-state index is 12.3. The second-order valence-corrected chi connectivity index (χ2v) is 6.02. The van der Waals surface area contributed by atoms with E-state index in [0.29, 0.717) is 11.4 Å². The van der Waals surface area contributed by atoms with E-state index in [2.05, 4.69) is 20.2 Å². The molecule has 0 bridgehead atoms. The molecule has 0 spiro atoms. The number of aromatic nitrogens is 6. The van der Waals surface area contributed by atoms with Crippen molar-refractivity contribution in [1.29, 1.82) is 0 Å². The molecule has 4 rings (SSSR count). The molecule has 124 valence electrons. The molecule has 0 saturated carbocycles. The Morgan fingerprint density at radius 3 is 2.72 bits per heavy atom. The summed E-state index contributed by atoms with van der Waals surface area (Å²) in [6.45, 7) is 0. The monoisotopic (exact) mass is 332 g/mol. The van der Waals surface area contributed by atoms with E-state index in [1.807, 2.05) is 49.1 Å². The summed E-state index contributed by atoms with van der Waals surface area (Å²) in [5, 5.41) is 9.34. The first-order chi connectivity index (χ1) is 12.1. The molecule has 0 saturated heterocycles. The van der Waals surface area contributed by atoms with Gasteiger partial charge in [0.1, 0.15) is 5.69 Å². The number of carbonyl (C=O) groups is 1. The fourth-order valence-corrected chi connectivity index (χ4v) is 2.78. The topological polar surface area (TPSA) is 78.5 Å². The van der Waals surface area contributed by atoms with Gasteiger partial charge >= 0.3 is 0 Å². The Labute approximate surface area is 144 Å². The molecule has 0 aliphatic carbocycles. The maximum Gasteiger partial charge on any atom is 0.188 e. The zero-order chi connectivity index (χ0) is 17.4. The van der Waals surface area contributed by atoms with Gasteiger partial charge in [-0.1, -0.05) is 6.07 Å². The quantitative estimate of drug-likeness (QED) is 0.535. The van der Waals surface area contributed by atoms with Crippen molar-refractivity contribution in [2.45, 2.75) is 6.42 Å². The van der Waals surface area contributed by atoms with Crippen molar-refractivity contribution in [1.82, 2.24) is 29.3 Å². The summed E-state index contributed by atoms with van der Waals surface area (Å²) in [5.41, 5.74) is 3.92. The van der Waals surface area contributed by atoms with Gasteiger partial charge in [0.05, 0.1) is 42.2 Å². The average molecular weight is 332 g/mol. The predicted molar refractivity (Wildman–Crippen MR) is 93.0 cm³/mol. The Morgan fingerprint density at radius 2 is 2.00 bits per heavy atom. The average Bonchev–Trinajstić information content (AvgIpc) is 3.22. The zero-order valence-corrected chi connectivity index (χ0v) is 13.9. The summed E-state index contributed by atoms with van der Waals surface area (Å²) >= 11 is 0. The van der Waals surface area contributed by atoms with Gasteiger partial charge in [0.25, 0.3) is 0 Å². The molecule has 3 aromatic heterocycles. The highest BCUT2D eigenvalue weighted by atomic mass is 16.1. The molecule has 25 heavy (non-hydrogen) atoms. The molecule has 1 aromatic carbocycles. The lowest BCUT2D eigenvalue weighted by molar-refractivity contribution is 0.0987. The van der Waals surface area contributed by atoms with Gasteiger partial charge < -0.3 is 9.13 Å². The number of carbonyl (C=O) groups excluding carboxylic acids is 1. The zero-order valence-electron chi connectivity index (χ0n) is 13.9. The Balaban J connectivity index is 1.67. The molecule has 0 radical (unpaired) electrons. The molecule has 0 amide bonds. The highest BCUT2D eigenvalue weighted by Crippen LogP contribution is 2.23. The number of hydrogen-bond acceptors (Lipinski definition) is 5. The van der Waals surface area contributed by atoms with E-state index in [0.717, 1.165) is 22.2 Å². The SMILES string of the molecule is Cn1cnc(C(=O)Cc2cc3cc(-c4cncn4C)ccc3nn2)c1. The van der Waals surface area contributed by atoms with E-state index in [-0.39, 0.29) is 12.2 Å². The van der Waals surface area contributed by atoms with Crippen LogP contribution in [0, 0.1) is 0 Å². The van der Waals surface area contributed by atoms with Crippen molar-refractivity contribution >= 4 is 16.7 Å². The van der Waals surface area contributed by atoms with Crippen LogP contribution in [-0.2, 0) is 20.5 Å². The Hall–Kier alpha value is -3.35. The second-order valence-electron chi connectivity index (χ2n) is 6.02. The number of fused-ring (bicyclic) bond motifs is 1. The third kappa shape index (κ3) is 2.91. The van der Waals surface area contributed by atoms with E-state index < -0.39 is 0 Å². The molecule has 0 unspecified atom stereocenters. The standard InChI is InChI=1S/C18H16N6O/c1-23-9-16(20-11-23)18(25)7-14-6-13-5-12(3-4-15(13)22-21-14)17-8-19-10-24(17)2/h3-6,8-11H,7H2,1-2H3. The lowest BCUT2D eigenvalue weighted by atomic mass is 10.1. The van der Waals surface area contributed by atoms with Gasteiger partial charge in [0.2, 0.25) is 0 Å². The van der Waals surface area contributed by atoms with E-state index >= 15 is 0 Å². The number of Topliss-reactive ketones (excluding diaryl/α,β-unsaturated/α-hetero) is 1. The lowest BCUT2D eigenvalue weighted by Crippen LogP contribution is -2.06. The van der Waals surface area contributed by atoms with Gasteiger partial charge in [0.15, 0.2) is 5.78 Å². The van der Waals surface area contributed by atoms with Gasteiger partial charge in [-0.3, -0.25) is 4.79 Å². The van der Waals surface area contributed by atoms with Gasteiger partial charge in [-0.25, -0.2) is 9.97 Å². The van der Waals surface area contributed by atoms with Crippen LogP contribution in [0.4, 0.5) is 0 Å². The number of imidazole rings is 2. The molecule has 3 heterocycles. The molecule has 0 aliphatic rings. The first-order valence-electron chi connectivity index (χ1n) is 7.84. The molecule has 0 aliphatic heterocycles. The van der Waals surface area contributed by atoms with Crippen molar-refractivity contribution in [3.63, 3.8) is 0 Å². The van der Waals surface area contributed by atoms with E-state index in [1.54, 1.807) is 23.4 Å². The van der Waals surface area contributed by atoms with Gasteiger partial charge in [-0.05, 0) is 18.2 Å². The summed E-state index contributed by atoms with van der Waals surface area (Å²) < 4.78 is 3.71. The van der Waals surface area contributed by atoms with Gasteiger partial charge in [0, 0.05) is 31.2 Å². The van der Waals surface area contributed by atoms with Crippen LogP contribution in [0.25, 0.3) is 22.2 Å². The van der Waals surface area contributed by atoms with Gasteiger partial charge in [-0.15, -0.1) is 0 Å². The number of benzene rings is 1. The molecule has 4 aromatic rings. The van der Waals surface area contributed by atoms with E-state index in [9.17, 15) is 4.79 Å². The van der Waals surface area contributed by atoms with Crippen molar-refractivity contribution < 1.29 is 4.79 Å². The van der Waals surface area contributed by atoms with E-state index in [1.165, 1.54) is 0 Å². The lowest BCUT2D eigenvalue weighted by Gasteiger charge is -2.05. The predicted octanol–water partition coefficient (Wildman–Crippen LogP) is 2.19.